The van der Waals surface area contributed by atoms with E-state index in [-0.39, 0.29) is 15.7 Å². The number of aromatic nitrogens is 2. The zero-order valence-corrected chi connectivity index (χ0v) is 11.6. The molecule has 100 valence electrons. The molecule has 2 aromatic heterocycles. The molecule has 0 N–H and O–H groups in total. The number of para-hydroxylation sites is 1. The molecule has 3 nitrogen and oxygen atoms in total. The molecule has 0 aliphatic carbocycles. The van der Waals surface area contributed by atoms with E-state index in [1.165, 1.54) is 24.5 Å². The SMILES string of the molecule is Fc1nccc(Oc2cnc3c(F)cccc3c2)c1Br. The van der Waals surface area contributed by atoms with Gasteiger partial charge in [-0.3, -0.25) is 0 Å². The van der Waals surface area contributed by atoms with Crippen LogP contribution >= 0.6 is 15.9 Å². The summed E-state index contributed by atoms with van der Waals surface area (Å²) in [5.41, 5.74) is 0.264. The first-order chi connectivity index (χ1) is 9.65. The van der Waals surface area contributed by atoms with Gasteiger partial charge in [-0.25, -0.2) is 14.4 Å². The van der Waals surface area contributed by atoms with Crippen LogP contribution in [0.1, 0.15) is 0 Å². The Morgan fingerprint density at radius 2 is 1.95 bits per heavy atom. The van der Waals surface area contributed by atoms with Gasteiger partial charge < -0.3 is 4.74 Å². The van der Waals surface area contributed by atoms with Crippen LogP contribution in [-0.2, 0) is 0 Å². The van der Waals surface area contributed by atoms with Crippen LogP contribution < -0.4 is 4.74 Å². The van der Waals surface area contributed by atoms with Gasteiger partial charge >= 0.3 is 0 Å². The Labute approximate surface area is 121 Å². The Morgan fingerprint density at radius 3 is 2.80 bits per heavy atom. The number of pyridine rings is 2. The van der Waals surface area contributed by atoms with Gasteiger partial charge in [0.05, 0.1) is 6.20 Å². The lowest BCUT2D eigenvalue weighted by atomic mass is 10.2. The van der Waals surface area contributed by atoms with Crippen LogP contribution in [0.2, 0.25) is 0 Å². The summed E-state index contributed by atoms with van der Waals surface area (Å²) in [5.74, 6) is -0.406. The fraction of sp³-hybridized carbons (Fsp3) is 0. The van der Waals surface area contributed by atoms with E-state index in [1.807, 2.05) is 0 Å². The quantitative estimate of drug-likeness (QED) is 0.648. The number of rotatable bonds is 2. The van der Waals surface area contributed by atoms with Gasteiger partial charge in [0.2, 0.25) is 5.95 Å². The van der Waals surface area contributed by atoms with Crippen molar-refractivity contribution in [2.75, 3.05) is 0 Å². The Kier molecular flexibility index (Phi) is 3.31. The molecule has 0 spiro atoms. The minimum Gasteiger partial charge on any atom is -0.454 e. The molecular weight excluding hydrogens is 330 g/mol. The predicted molar refractivity (Wildman–Crippen MR) is 73.7 cm³/mol. The van der Waals surface area contributed by atoms with Gasteiger partial charge in [0.25, 0.3) is 0 Å². The summed E-state index contributed by atoms with van der Waals surface area (Å²) in [4.78, 5) is 7.49. The smallest absolute Gasteiger partial charge is 0.230 e. The maximum Gasteiger partial charge on any atom is 0.230 e. The van der Waals surface area contributed by atoms with Crippen molar-refractivity contribution in [2.45, 2.75) is 0 Å². The molecule has 0 bridgehead atoms. The fourth-order valence-electron chi connectivity index (χ4n) is 1.77. The minimum absolute atomic E-state index is 0.124. The van der Waals surface area contributed by atoms with Gasteiger partial charge in [0.1, 0.15) is 27.3 Å². The van der Waals surface area contributed by atoms with E-state index >= 15 is 0 Å². The molecule has 0 unspecified atom stereocenters. The van der Waals surface area contributed by atoms with Gasteiger partial charge in [-0.05, 0) is 28.1 Å². The van der Waals surface area contributed by atoms with E-state index in [0.717, 1.165) is 0 Å². The first kappa shape index (κ1) is 12.9. The first-order valence-corrected chi connectivity index (χ1v) is 6.46. The number of nitrogens with zero attached hydrogens (tertiary/aromatic N) is 2. The van der Waals surface area contributed by atoms with Crippen molar-refractivity contribution in [1.29, 1.82) is 0 Å². The number of ether oxygens (including phenoxy) is 1. The largest absolute Gasteiger partial charge is 0.454 e. The maximum atomic E-state index is 13.5. The second kappa shape index (κ2) is 5.13. The van der Waals surface area contributed by atoms with E-state index in [9.17, 15) is 8.78 Å². The van der Waals surface area contributed by atoms with E-state index < -0.39 is 11.8 Å². The van der Waals surface area contributed by atoms with Crippen LogP contribution in [0.3, 0.4) is 0 Å². The van der Waals surface area contributed by atoms with E-state index in [1.54, 1.807) is 18.2 Å². The summed E-state index contributed by atoms with van der Waals surface area (Å²) in [6, 6.07) is 7.80. The predicted octanol–water partition coefficient (Wildman–Crippen LogP) is 4.46. The highest BCUT2D eigenvalue weighted by atomic mass is 79.9. The van der Waals surface area contributed by atoms with Crippen LogP contribution in [0.15, 0.2) is 47.2 Å². The van der Waals surface area contributed by atoms with Crippen LogP contribution in [0.5, 0.6) is 11.5 Å². The third-order valence-corrected chi connectivity index (χ3v) is 3.39. The molecule has 0 atom stereocenters. The lowest BCUT2D eigenvalue weighted by Gasteiger charge is -2.08. The Hall–Kier alpha value is -2.08. The van der Waals surface area contributed by atoms with Gasteiger partial charge in [0.15, 0.2) is 0 Å². The summed E-state index contributed by atoms with van der Waals surface area (Å²) in [6.45, 7) is 0. The van der Waals surface area contributed by atoms with Crippen molar-refractivity contribution in [3.05, 3.63) is 59.0 Å². The summed E-state index contributed by atoms with van der Waals surface area (Å²) in [6.07, 6.45) is 2.68. The van der Waals surface area contributed by atoms with Crippen LogP contribution in [-0.4, -0.2) is 9.97 Å². The molecule has 3 rings (SSSR count). The van der Waals surface area contributed by atoms with Crippen molar-refractivity contribution in [2.24, 2.45) is 0 Å². The molecule has 0 saturated heterocycles. The van der Waals surface area contributed by atoms with Crippen molar-refractivity contribution in [3.63, 3.8) is 0 Å². The first-order valence-electron chi connectivity index (χ1n) is 5.67. The van der Waals surface area contributed by atoms with E-state index in [2.05, 4.69) is 25.9 Å². The average molecular weight is 337 g/mol. The van der Waals surface area contributed by atoms with Crippen molar-refractivity contribution in [3.8, 4) is 11.5 Å². The zero-order valence-electron chi connectivity index (χ0n) is 9.98. The average Bonchev–Trinajstić information content (AvgIpc) is 2.44. The molecule has 6 heteroatoms. The third-order valence-electron chi connectivity index (χ3n) is 2.68. The van der Waals surface area contributed by atoms with Crippen LogP contribution in [0, 0.1) is 11.8 Å². The van der Waals surface area contributed by atoms with Gasteiger partial charge in [-0.15, -0.1) is 0 Å². The fourth-order valence-corrected chi connectivity index (χ4v) is 2.08. The molecule has 0 aliphatic heterocycles. The highest BCUT2D eigenvalue weighted by Crippen LogP contribution is 2.31. The molecular formula is C14H7BrF2N2O. The Bertz CT molecular complexity index is 795. The molecule has 0 aliphatic rings. The zero-order chi connectivity index (χ0) is 14.1. The normalized spacial score (nSPS) is 10.8. The van der Waals surface area contributed by atoms with Crippen molar-refractivity contribution in [1.82, 2.24) is 9.97 Å². The Balaban J connectivity index is 2.01. The van der Waals surface area contributed by atoms with Gasteiger partial charge in [-0.1, -0.05) is 12.1 Å². The summed E-state index contributed by atoms with van der Waals surface area (Å²) >= 11 is 3.06. The molecule has 2 heterocycles. The van der Waals surface area contributed by atoms with Crippen molar-refractivity contribution < 1.29 is 13.5 Å². The highest BCUT2D eigenvalue weighted by molar-refractivity contribution is 9.10. The number of halogens is 3. The second-order valence-corrected chi connectivity index (χ2v) is 4.79. The second-order valence-electron chi connectivity index (χ2n) is 4.00. The lowest BCUT2D eigenvalue weighted by Crippen LogP contribution is -1.92. The monoisotopic (exact) mass is 336 g/mol. The third kappa shape index (κ3) is 2.34. The summed E-state index contributed by atoms with van der Waals surface area (Å²) in [7, 11) is 0. The molecule has 3 aromatic rings. The van der Waals surface area contributed by atoms with Crippen LogP contribution in [0.4, 0.5) is 8.78 Å². The van der Waals surface area contributed by atoms with E-state index in [0.29, 0.717) is 11.1 Å². The lowest BCUT2D eigenvalue weighted by molar-refractivity contribution is 0.465. The van der Waals surface area contributed by atoms with Crippen LogP contribution in [0.25, 0.3) is 10.9 Å². The highest BCUT2D eigenvalue weighted by Gasteiger charge is 2.10. The maximum absolute atomic E-state index is 13.5. The number of fused-ring (bicyclic) bond motifs is 1. The number of hydrogen-bond acceptors (Lipinski definition) is 3. The van der Waals surface area contributed by atoms with E-state index in [4.69, 9.17) is 4.74 Å². The topological polar surface area (TPSA) is 35.0 Å². The summed E-state index contributed by atoms with van der Waals surface area (Å²) in [5, 5.41) is 0.605. The number of hydrogen-bond donors (Lipinski definition) is 0. The molecule has 0 saturated carbocycles. The minimum atomic E-state index is -0.665. The standard InChI is InChI=1S/C14H7BrF2N2O/c15-12-11(4-5-18-14(12)17)20-9-6-8-2-1-3-10(16)13(8)19-7-9/h1-7H. The van der Waals surface area contributed by atoms with Gasteiger partial charge in [-0.2, -0.15) is 4.39 Å². The Morgan fingerprint density at radius 1 is 1.10 bits per heavy atom. The van der Waals surface area contributed by atoms with Crippen molar-refractivity contribution >= 4 is 26.8 Å². The molecule has 20 heavy (non-hydrogen) atoms. The summed E-state index contributed by atoms with van der Waals surface area (Å²) < 4.78 is 32.4. The molecule has 0 amide bonds. The molecule has 0 radical (unpaired) electrons. The number of benzene rings is 1. The molecule has 1 aromatic carbocycles. The molecule has 0 fully saturated rings. The van der Waals surface area contributed by atoms with Gasteiger partial charge in [0, 0.05) is 17.6 Å².